The van der Waals surface area contributed by atoms with Gasteiger partial charge in [0.2, 0.25) is 5.91 Å². The minimum Gasteiger partial charge on any atom is -0.327 e. The van der Waals surface area contributed by atoms with Crippen LogP contribution in [0.25, 0.3) is 0 Å². The number of likely N-dealkylation sites (tertiary alicyclic amines) is 1. The van der Waals surface area contributed by atoms with Gasteiger partial charge in [-0.25, -0.2) is 0 Å². The molecule has 0 bridgehead atoms. The highest BCUT2D eigenvalue weighted by atomic mass is 35.5. The van der Waals surface area contributed by atoms with Crippen LogP contribution in [0.3, 0.4) is 0 Å². The van der Waals surface area contributed by atoms with Crippen molar-refractivity contribution in [1.82, 2.24) is 4.90 Å². The summed E-state index contributed by atoms with van der Waals surface area (Å²) in [6.45, 7) is 3.34. The number of nitrogens with zero attached hydrogens (tertiary/aromatic N) is 1. The van der Waals surface area contributed by atoms with Crippen LogP contribution in [0.15, 0.2) is 24.3 Å². The highest BCUT2D eigenvalue weighted by Gasteiger charge is 2.26. The van der Waals surface area contributed by atoms with Crippen molar-refractivity contribution >= 4 is 23.2 Å². The van der Waals surface area contributed by atoms with Crippen LogP contribution in [0.5, 0.6) is 0 Å². The molecule has 4 nitrogen and oxygen atoms in total. The van der Waals surface area contributed by atoms with E-state index in [9.17, 15) is 4.79 Å². The Labute approximate surface area is 125 Å². The quantitative estimate of drug-likeness (QED) is 0.897. The lowest BCUT2D eigenvalue weighted by molar-refractivity contribution is -0.118. The maximum atomic E-state index is 12.1. The van der Waals surface area contributed by atoms with Crippen molar-refractivity contribution in [3.63, 3.8) is 0 Å². The average Bonchev–Trinajstić information content (AvgIpc) is 2.38. The molecule has 3 N–H and O–H groups in total. The number of carbonyl (C=O) groups excluding carboxylic acids is 1. The zero-order valence-electron chi connectivity index (χ0n) is 11.8. The van der Waals surface area contributed by atoms with Crippen molar-refractivity contribution in [2.45, 2.75) is 38.3 Å². The second-order valence-electron chi connectivity index (χ2n) is 5.45. The summed E-state index contributed by atoms with van der Waals surface area (Å²) in [5, 5.41) is 3.50. The molecule has 0 saturated carbocycles. The number of rotatable bonds is 4. The first-order chi connectivity index (χ1) is 9.56. The molecule has 5 heteroatoms. The zero-order valence-corrected chi connectivity index (χ0v) is 12.6. The van der Waals surface area contributed by atoms with Crippen LogP contribution in [0.2, 0.25) is 5.02 Å². The van der Waals surface area contributed by atoms with E-state index in [4.69, 9.17) is 17.3 Å². The Morgan fingerprint density at radius 1 is 1.55 bits per heavy atom. The highest BCUT2D eigenvalue weighted by molar-refractivity contribution is 6.30. The summed E-state index contributed by atoms with van der Waals surface area (Å²) in [7, 11) is 0. The lowest BCUT2D eigenvalue weighted by Crippen LogP contribution is -2.51. The molecule has 1 aromatic rings. The molecule has 1 fully saturated rings. The van der Waals surface area contributed by atoms with Crippen LogP contribution >= 0.6 is 11.6 Å². The maximum Gasteiger partial charge on any atom is 0.238 e. The summed E-state index contributed by atoms with van der Waals surface area (Å²) in [4.78, 5) is 14.3. The summed E-state index contributed by atoms with van der Waals surface area (Å²) in [6.07, 6.45) is 3.40. The molecule has 20 heavy (non-hydrogen) atoms. The number of amides is 1. The monoisotopic (exact) mass is 295 g/mol. The number of hydrogen-bond acceptors (Lipinski definition) is 3. The first-order valence-corrected chi connectivity index (χ1v) is 7.49. The van der Waals surface area contributed by atoms with Crippen LogP contribution in [0.4, 0.5) is 5.69 Å². The first-order valence-electron chi connectivity index (χ1n) is 7.11. The topological polar surface area (TPSA) is 58.4 Å². The Morgan fingerprint density at radius 2 is 2.35 bits per heavy atom. The maximum absolute atomic E-state index is 12.1. The predicted molar refractivity (Wildman–Crippen MR) is 82.9 cm³/mol. The number of piperidine rings is 1. The Bertz CT molecular complexity index is 464. The lowest BCUT2D eigenvalue weighted by Gasteiger charge is -2.37. The molecule has 1 aliphatic rings. The van der Waals surface area contributed by atoms with Gasteiger partial charge in [-0.1, -0.05) is 24.1 Å². The summed E-state index contributed by atoms with van der Waals surface area (Å²) < 4.78 is 0. The van der Waals surface area contributed by atoms with Crippen molar-refractivity contribution in [2.75, 3.05) is 18.4 Å². The molecule has 1 amide bonds. The van der Waals surface area contributed by atoms with E-state index in [1.807, 2.05) is 19.1 Å². The van der Waals surface area contributed by atoms with Gasteiger partial charge >= 0.3 is 0 Å². The molecule has 2 rings (SSSR count). The number of hydrogen-bond donors (Lipinski definition) is 2. The van der Waals surface area contributed by atoms with Gasteiger partial charge in [0.05, 0.1) is 6.54 Å². The second kappa shape index (κ2) is 7.07. The normalized spacial score (nSPS) is 21.4. The van der Waals surface area contributed by atoms with E-state index in [1.54, 1.807) is 12.1 Å². The Kier molecular flexibility index (Phi) is 5.40. The molecule has 2 unspecified atom stereocenters. The third kappa shape index (κ3) is 4.20. The minimum absolute atomic E-state index is 0.0141. The number of carbonyl (C=O) groups is 1. The van der Waals surface area contributed by atoms with Crippen LogP contribution in [-0.4, -0.2) is 36.0 Å². The molecular weight excluding hydrogens is 274 g/mol. The van der Waals surface area contributed by atoms with Crippen LogP contribution in [0, 0.1) is 0 Å². The van der Waals surface area contributed by atoms with Gasteiger partial charge in [0.1, 0.15) is 0 Å². The fourth-order valence-electron chi connectivity index (χ4n) is 2.76. The van der Waals surface area contributed by atoms with Gasteiger partial charge in [-0.05, 0) is 44.5 Å². The number of halogens is 1. The lowest BCUT2D eigenvalue weighted by atomic mass is 9.97. The molecule has 1 aromatic carbocycles. The van der Waals surface area contributed by atoms with Crippen LogP contribution in [-0.2, 0) is 4.79 Å². The van der Waals surface area contributed by atoms with Crippen molar-refractivity contribution in [1.29, 1.82) is 0 Å². The van der Waals surface area contributed by atoms with Gasteiger partial charge in [-0.3, -0.25) is 9.69 Å². The standard InChI is InChI=1S/C15H22ClN3O/c1-11(17)14-7-2-3-8-19(14)10-15(20)18-13-6-4-5-12(16)9-13/h4-6,9,11,14H,2-3,7-8,10,17H2,1H3,(H,18,20). The van der Waals surface area contributed by atoms with Crippen molar-refractivity contribution in [3.05, 3.63) is 29.3 Å². The van der Waals surface area contributed by atoms with Gasteiger partial charge in [0, 0.05) is 22.8 Å². The number of benzene rings is 1. The van der Waals surface area contributed by atoms with Gasteiger partial charge in [-0.15, -0.1) is 0 Å². The molecule has 0 radical (unpaired) electrons. The number of nitrogens with one attached hydrogen (secondary N) is 1. The molecule has 1 saturated heterocycles. The summed E-state index contributed by atoms with van der Waals surface area (Å²) in [6, 6.07) is 7.59. The predicted octanol–water partition coefficient (Wildman–Crippen LogP) is 2.48. The second-order valence-corrected chi connectivity index (χ2v) is 5.89. The molecule has 110 valence electrons. The van der Waals surface area contributed by atoms with Crippen molar-refractivity contribution in [3.8, 4) is 0 Å². The largest absolute Gasteiger partial charge is 0.327 e. The molecule has 0 aliphatic carbocycles. The van der Waals surface area contributed by atoms with E-state index in [0.717, 1.165) is 25.1 Å². The molecule has 0 aromatic heterocycles. The number of anilines is 1. The SMILES string of the molecule is CC(N)C1CCCCN1CC(=O)Nc1cccc(Cl)c1. The van der Waals surface area contributed by atoms with E-state index in [-0.39, 0.29) is 11.9 Å². The molecule has 0 spiro atoms. The fourth-order valence-corrected chi connectivity index (χ4v) is 2.95. The fraction of sp³-hybridized carbons (Fsp3) is 0.533. The van der Waals surface area contributed by atoms with E-state index in [1.165, 1.54) is 6.42 Å². The summed E-state index contributed by atoms with van der Waals surface area (Å²) in [5.74, 6) is -0.0141. The Hall–Kier alpha value is -1.10. The van der Waals surface area contributed by atoms with Gasteiger partial charge in [0.25, 0.3) is 0 Å². The highest BCUT2D eigenvalue weighted by Crippen LogP contribution is 2.19. The molecule has 1 heterocycles. The van der Waals surface area contributed by atoms with Crippen molar-refractivity contribution in [2.24, 2.45) is 5.73 Å². The van der Waals surface area contributed by atoms with Crippen LogP contribution in [0.1, 0.15) is 26.2 Å². The summed E-state index contributed by atoms with van der Waals surface area (Å²) >= 11 is 5.91. The molecular formula is C15H22ClN3O. The third-order valence-electron chi connectivity index (χ3n) is 3.73. The molecule has 1 aliphatic heterocycles. The zero-order chi connectivity index (χ0) is 14.5. The number of nitrogens with two attached hydrogens (primary N) is 1. The van der Waals surface area contributed by atoms with E-state index in [0.29, 0.717) is 17.6 Å². The van der Waals surface area contributed by atoms with E-state index in [2.05, 4.69) is 10.2 Å². The Morgan fingerprint density at radius 3 is 3.05 bits per heavy atom. The van der Waals surface area contributed by atoms with E-state index < -0.39 is 0 Å². The van der Waals surface area contributed by atoms with E-state index >= 15 is 0 Å². The van der Waals surface area contributed by atoms with Gasteiger partial charge < -0.3 is 11.1 Å². The Balaban J connectivity index is 1.93. The van der Waals surface area contributed by atoms with Crippen LogP contribution < -0.4 is 11.1 Å². The average molecular weight is 296 g/mol. The smallest absolute Gasteiger partial charge is 0.238 e. The van der Waals surface area contributed by atoms with Gasteiger partial charge in [-0.2, -0.15) is 0 Å². The minimum atomic E-state index is -0.0141. The molecule has 2 atom stereocenters. The van der Waals surface area contributed by atoms with Crippen molar-refractivity contribution < 1.29 is 4.79 Å². The van der Waals surface area contributed by atoms with Gasteiger partial charge in [0.15, 0.2) is 0 Å². The third-order valence-corrected chi connectivity index (χ3v) is 3.96. The first kappa shape index (κ1) is 15.3. The summed E-state index contributed by atoms with van der Waals surface area (Å²) in [5.41, 5.74) is 6.75.